The molecule has 2 rings (SSSR count). The maximum atomic E-state index is 13.1. The highest BCUT2D eigenvalue weighted by atomic mass is 79.9. The molecule has 0 spiro atoms. The number of aromatic nitrogens is 1. The van der Waals surface area contributed by atoms with E-state index in [1.165, 1.54) is 18.3 Å². The first-order valence-corrected chi connectivity index (χ1v) is 6.23. The molecule has 0 aliphatic rings. The van der Waals surface area contributed by atoms with Crippen LogP contribution in [0.15, 0.2) is 47.1 Å². The number of hydrogen-bond donors (Lipinski definition) is 1. The maximum absolute atomic E-state index is 13.1. The standard InChI is InChI=1S/C13H10BrFN2O2/c14-9-3-5-10(6-4-9)17-12(18)8-19-11-2-1-7-16-13(11)15/h1-7H,8H2,(H,17,18). The SMILES string of the molecule is O=C(COc1cccnc1F)Nc1ccc(Br)cc1. The molecule has 0 atom stereocenters. The number of hydrogen-bond acceptors (Lipinski definition) is 3. The summed E-state index contributed by atoms with van der Waals surface area (Å²) in [5, 5.41) is 2.63. The van der Waals surface area contributed by atoms with Gasteiger partial charge in [0.1, 0.15) is 0 Å². The van der Waals surface area contributed by atoms with Gasteiger partial charge in [0.2, 0.25) is 0 Å². The smallest absolute Gasteiger partial charge is 0.262 e. The molecule has 1 aromatic carbocycles. The highest BCUT2D eigenvalue weighted by Gasteiger charge is 2.07. The first-order valence-electron chi connectivity index (χ1n) is 5.44. The summed E-state index contributed by atoms with van der Waals surface area (Å²) in [5.74, 6) is -1.15. The summed E-state index contributed by atoms with van der Waals surface area (Å²) < 4.78 is 19.1. The average molecular weight is 325 g/mol. The molecule has 0 fully saturated rings. The monoisotopic (exact) mass is 324 g/mol. The molecule has 2 aromatic rings. The van der Waals surface area contributed by atoms with Crippen LogP contribution in [0.3, 0.4) is 0 Å². The summed E-state index contributed by atoms with van der Waals surface area (Å²) in [6.07, 6.45) is 1.31. The van der Waals surface area contributed by atoms with E-state index in [1.54, 1.807) is 24.3 Å². The number of carbonyl (C=O) groups excluding carboxylic acids is 1. The molecule has 0 radical (unpaired) electrons. The van der Waals surface area contributed by atoms with E-state index in [0.29, 0.717) is 5.69 Å². The third kappa shape index (κ3) is 4.03. The van der Waals surface area contributed by atoms with Crippen LogP contribution in [0.4, 0.5) is 10.1 Å². The van der Waals surface area contributed by atoms with Gasteiger partial charge in [-0.05, 0) is 36.4 Å². The zero-order valence-corrected chi connectivity index (χ0v) is 11.4. The zero-order chi connectivity index (χ0) is 13.7. The lowest BCUT2D eigenvalue weighted by Crippen LogP contribution is -2.20. The lowest BCUT2D eigenvalue weighted by Gasteiger charge is -2.07. The lowest BCUT2D eigenvalue weighted by molar-refractivity contribution is -0.118. The van der Waals surface area contributed by atoms with Crippen molar-refractivity contribution in [2.45, 2.75) is 0 Å². The molecule has 1 heterocycles. The van der Waals surface area contributed by atoms with Gasteiger partial charge in [-0.25, -0.2) is 4.98 Å². The Bertz CT molecular complexity index is 575. The van der Waals surface area contributed by atoms with Crippen molar-refractivity contribution >= 4 is 27.5 Å². The van der Waals surface area contributed by atoms with Crippen molar-refractivity contribution in [3.05, 3.63) is 53.0 Å². The van der Waals surface area contributed by atoms with Crippen LogP contribution in [-0.2, 0) is 4.79 Å². The van der Waals surface area contributed by atoms with Crippen molar-refractivity contribution in [2.75, 3.05) is 11.9 Å². The number of nitrogens with zero attached hydrogens (tertiary/aromatic N) is 1. The minimum atomic E-state index is -0.737. The maximum Gasteiger partial charge on any atom is 0.262 e. The Balaban J connectivity index is 1.88. The van der Waals surface area contributed by atoms with Crippen LogP contribution in [-0.4, -0.2) is 17.5 Å². The van der Waals surface area contributed by atoms with Crippen molar-refractivity contribution in [2.24, 2.45) is 0 Å². The highest BCUT2D eigenvalue weighted by molar-refractivity contribution is 9.10. The highest BCUT2D eigenvalue weighted by Crippen LogP contribution is 2.15. The van der Waals surface area contributed by atoms with Gasteiger partial charge in [0.15, 0.2) is 12.4 Å². The van der Waals surface area contributed by atoms with Crippen LogP contribution in [0.25, 0.3) is 0 Å². The predicted molar refractivity (Wildman–Crippen MR) is 72.5 cm³/mol. The van der Waals surface area contributed by atoms with E-state index < -0.39 is 5.95 Å². The third-order valence-corrected chi connectivity index (χ3v) is 2.74. The Morgan fingerprint density at radius 2 is 2.05 bits per heavy atom. The van der Waals surface area contributed by atoms with Crippen molar-refractivity contribution in [3.63, 3.8) is 0 Å². The fraction of sp³-hybridized carbons (Fsp3) is 0.0769. The van der Waals surface area contributed by atoms with Crippen LogP contribution >= 0.6 is 15.9 Å². The van der Waals surface area contributed by atoms with Crippen molar-refractivity contribution in [1.29, 1.82) is 0 Å². The number of ether oxygens (including phenoxy) is 1. The topological polar surface area (TPSA) is 51.2 Å². The fourth-order valence-electron chi connectivity index (χ4n) is 1.35. The van der Waals surface area contributed by atoms with E-state index in [9.17, 15) is 9.18 Å². The number of rotatable bonds is 4. The van der Waals surface area contributed by atoms with E-state index >= 15 is 0 Å². The normalized spacial score (nSPS) is 10.0. The second-order valence-corrected chi connectivity index (χ2v) is 4.55. The van der Waals surface area contributed by atoms with E-state index in [1.807, 2.05) is 0 Å². The van der Waals surface area contributed by atoms with Gasteiger partial charge >= 0.3 is 0 Å². The van der Waals surface area contributed by atoms with Crippen LogP contribution in [0.5, 0.6) is 5.75 Å². The number of benzene rings is 1. The third-order valence-electron chi connectivity index (χ3n) is 2.21. The second kappa shape index (κ2) is 6.29. The van der Waals surface area contributed by atoms with Gasteiger partial charge in [-0.15, -0.1) is 0 Å². The molecule has 19 heavy (non-hydrogen) atoms. The van der Waals surface area contributed by atoms with Gasteiger partial charge in [-0.2, -0.15) is 4.39 Å². The molecule has 0 saturated heterocycles. The van der Waals surface area contributed by atoms with E-state index in [0.717, 1.165) is 4.47 Å². The molecule has 1 amide bonds. The quantitative estimate of drug-likeness (QED) is 0.879. The van der Waals surface area contributed by atoms with Gasteiger partial charge in [0.25, 0.3) is 11.9 Å². The second-order valence-electron chi connectivity index (χ2n) is 3.64. The van der Waals surface area contributed by atoms with Gasteiger partial charge in [0, 0.05) is 16.4 Å². The van der Waals surface area contributed by atoms with Crippen LogP contribution in [0.1, 0.15) is 0 Å². The summed E-state index contributed by atoms with van der Waals surface area (Å²) in [6.45, 7) is -0.279. The summed E-state index contributed by atoms with van der Waals surface area (Å²) in [5.41, 5.74) is 0.642. The molecular formula is C13H10BrFN2O2. The molecule has 0 aliphatic heterocycles. The molecule has 98 valence electrons. The van der Waals surface area contributed by atoms with E-state index in [4.69, 9.17) is 4.74 Å². The zero-order valence-electron chi connectivity index (χ0n) is 9.77. The Morgan fingerprint density at radius 3 is 2.74 bits per heavy atom. The van der Waals surface area contributed by atoms with E-state index in [2.05, 4.69) is 26.2 Å². The Morgan fingerprint density at radius 1 is 1.32 bits per heavy atom. The summed E-state index contributed by atoms with van der Waals surface area (Å²) >= 11 is 3.29. The Hall–Kier alpha value is -1.95. The van der Waals surface area contributed by atoms with E-state index in [-0.39, 0.29) is 18.3 Å². The van der Waals surface area contributed by atoms with Gasteiger partial charge in [-0.1, -0.05) is 15.9 Å². The molecule has 0 unspecified atom stereocenters. The van der Waals surface area contributed by atoms with Crippen LogP contribution in [0, 0.1) is 5.95 Å². The average Bonchev–Trinajstić information content (AvgIpc) is 2.40. The van der Waals surface area contributed by atoms with Gasteiger partial charge in [-0.3, -0.25) is 4.79 Å². The van der Waals surface area contributed by atoms with Crippen molar-refractivity contribution in [3.8, 4) is 5.75 Å². The number of carbonyl (C=O) groups is 1. The first-order chi connectivity index (χ1) is 9.15. The minimum absolute atomic E-state index is 0.0477. The minimum Gasteiger partial charge on any atom is -0.479 e. The predicted octanol–water partition coefficient (Wildman–Crippen LogP) is 3.00. The summed E-state index contributed by atoms with van der Waals surface area (Å²) in [6, 6.07) is 10.0. The number of anilines is 1. The first kappa shape index (κ1) is 13.5. The Labute approximate surface area is 117 Å². The molecule has 1 aromatic heterocycles. The van der Waals surface area contributed by atoms with Crippen molar-refractivity contribution < 1.29 is 13.9 Å². The molecule has 6 heteroatoms. The molecule has 4 nitrogen and oxygen atoms in total. The summed E-state index contributed by atoms with van der Waals surface area (Å²) in [4.78, 5) is 15.0. The largest absolute Gasteiger partial charge is 0.479 e. The van der Waals surface area contributed by atoms with Crippen LogP contribution < -0.4 is 10.1 Å². The van der Waals surface area contributed by atoms with Gasteiger partial charge in [0.05, 0.1) is 0 Å². The molecule has 0 bridgehead atoms. The lowest BCUT2D eigenvalue weighted by atomic mass is 10.3. The number of amides is 1. The number of pyridine rings is 1. The summed E-state index contributed by atoms with van der Waals surface area (Å²) in [7, 11) is 0. The molecule has 0 aliphatic carbocycles. The number of nitrogens with one attached hydrogen (secondary N) is 1. The number of halogens is 2. The van der Waals surface area contributed by atoms with Gasteiger partial charge < -0.3 is 10.1 Å². The van der Waals surface area contributed by atoms with Crippen LogP contribution in [0.2, 0.25) is 0 Å². The van der Waals surface area contributed by atoms with Crippen molar-refractivity contribution in [1.82, 2.24) is 4.98 Å². The molecule has 1 N–H and O–H groups in total. The molecular weight excluding hydrogens is 315 g/mol. The Kier molecular flexibility index (Phi) is 4.46. The fourth-order valence-corrected chi connectivity index (χ4v) is 1.62. The molecule has 0 saturated carbocycles.